The second kappa shape index (κ2) is 10.8. The maximum absolute atomic E-state index is 12.9. The van der Waals surface area contributed by atoms with E-state index in [0.717, 1.165) is 44.7 Å². The summed E-state index contributed by atoms with van der Waals surface area (Å²) in [7, 11) is 3.46. The minimum Gasteiger partial charge on any atom is -0.345 e. The van der Waals surface area contributed by atoms with Crippen LogP contribution in [0.3, 0.4) is 0 Å². The lowest BCUT2D eigenvalue weighted by atomic mass is 10.0. The molecule has 0 aliphatic heterocycles. The second-order valence-corrected chi connectivity index (χ2v) is 9.62. The number of anilines is 3. The van der Waals surface area contributed by atoms with Gasteiger partial charge in [0, 0.05) is 47.5 Å². The summed E-state index contributed by atoms with van der Waals surface area (Å²) in [5, 5.41) is 7.17. The molecule has 194 valence electrons. The minimum absolute atomic E-state index is 0.0738. The van der Waals surface area contributed by atoms with Gasteiger partial charge in [0.2, 0.25) is 5.95 Å². The molecule has 0 saturated heterocycles. The predicted octanol–water partition coefficient (Wildman–Crippen LogP) is 6.61. The number of hydrogen-bond donors (Lipinski definition) is 2. The van der Waals surface area contributed by atoms with E-state index >= 15 is 0 Å². The lowest BCUT2D eigenvalue weighted by Crippen LogP contribution is -2.21. The average Bonchev–Trinajstić information content (AvgIpc) is 2.94. The van der Waals surface area contributed by atoms with Gasteiger partial charge in [0.25, 0.3) is 11.8 Å². The average molecular weight is 516 g/mol. The van der Waals surface area contributed by atoms with E-state index in [1.807, 2.05) is 86.6 Å². The summed E-state index contributed by atoms with van der Waals surface area (Å²) in [6.45, 7) is 3.95. The molecule has 0 unspecified atom stereocenters. The molecule has 0 atom stereocenters. The first-order chi connectivity index (χ1) is 18.8. The van der Waals surface area contributed by atoms with Crippen LogP contribution in [0.1, 0.15) is 31.8 Å². The third-order valence-electron chi connectivity index (χ3n) is 6.52. The molecule has 1 aromatic heterocycles. The van der Waals surface area contributed by atoms with E-state index in [9.17, 15) is 9.59 Å². The Morgan fingerprint density at radius 2 is 1.44 bits per heavy atom. The molecule has 7 heteroatoms. The number of hydrogen-bond acceptors (Lipinski definition) is 5. The third kappa shape index (κ3) is 5.48. The molecule has 2 amide bonds. The summed E-state index contributed by atoms with van der Waals surface area (Å²) in [5.41, 5.74) is 7.07. The van der Waals surface area contributed by atoms with Crippen LogP contribution in [-0.4, -0.2) is 40.8 Å². The molecule has 1 heterocycles. The summed E-state index contributed by atoms with van der Waals surface area (Å²) in [6, 6.07) is 28.3. The van der Waals surface area contributed by atoms with Crippen LogP contribution in [-0.2, 0) is 0 Å². The first-order valence-corrected chi connectivity index (χ1v) is 12.6. The van der Waals surface area contributed by atoms with Crippen LogP contribution in [0.4, 0.5) is 17.3 Å². The number of benzene rings is 4. The molecule has 0 spiro atoms. The lowest BCUT2D eigenvalue weighted by molar-refractivity contribution is 0.0827. The number of fused-ring (bicyclic) bond motifs is 1. The van der Waals surface area contributed by atoms with Gasteiger partial charge in [-0.1, -0.05) is 48.5 Å². The van der Waals surface area contributed by atoms with Crippen LogP contribution >= 0.6 is 0 Å². The number of carbonyl (C=O) groups excluding carboxylic acids is 2. The van der Waals surface area contributed by atoms with Gasteiger partial charge in [0.15, 0.2) is 0 Å². The van der Waals surface area contributed by atoms with Crippen molar-refractivity contribution < 1.29 is 9.59 Å². The van der Waals surface area contributed by atoms with E-state index in [1.165, 1.54) is 0 Å². The monoisotopic (exact) mass is 515 g/mol. The molecule has 0 bridgehead atoms. The molecule has 0 aliphatic rings. The molecule has 7 nitrogen and oxygen atoms in total. The highest BCUT2D eigenvalue weighted by Gasteiger charge is 2.14. The molecule has 5 aromatic rings. The highest BCUT2D eigenvalue weighted by atomic mass is 16.2. The van der Waals surface area contributed by atoms with Crippen molar-refractivity contribution in [3.63, 3.8) is 0 Å². The van der Waals surface area contributed by atoms with Crippen molar-refractivity contribution in [2.45, 2.75) is 13.8 Å². The van der Waals surface area contributed by atoms with Crippen molar-refractivity contribution in [3.8, 4) is 11.3 Å². The van der Waals surface area contributed by atoms with Gasteiger partial charge in [-0.25, -0.2) is 9.97 Å². The van der Waals surface area contributed by atoms with E-state index in [0.29, 0.717) is 17.1 Å². The van der Waals surface area contributed by atoms with Gasteiger partial charge in [-0.15, -0.1) is 0 Å². The van der Waals surface area contributed by atoms with E-state index in [2.05, 4.69) is 10.6 Å². The van der Waals surface area contributed by atoms with Crippen LogP contribution in [0.5, 0.6) is 0 Å². The van der Waals surface area contributed by atoms with Crippen molar-refractivity contribution >= 4 is 40.0 Å². The Labute approximate surface area is 227 Å². The molecule has 2 N–H and O–H groups in total. The summed E-state index contributed by atoms with van der Waals surface area (Å²) in [4.78, 5) is 36.5. The zero-order valence-electron chi connectivity index (χ0n) is 22.3. The summed E-state index contributed by atoms with van der Waals surface area (Å²) < 4.78 is 0. The first-order valence-electron chi connectivity index (χ1n) is 12.6. The van der Waals surface area contributed by atoms with Gasteiger partial charge in [-0.3, -0.25) is 9.59 Å². The van der Waals surface area contributed by atoms with E-state index in [1.54, 1.807) is 37.2 Å². The highest BCUT2D eigenvalue weighted by molar-refractivity contribution is 6.05. The smallest absolute Gasteiger partial charge is 0.255 e. The Balaban J connectivity index is 1.43. The van der Waals surface area contributed by atoms with Gasteiger partial charge in [-0.2, -0.15) is 0 Å². The molecule has 0 saturated carbocycles. The third-order valence-corrected chi connectivity index (χ3v) is 6.52. The van der Waals surface area contributed by atoms with Crippen LogP contribution in [0.15, 0.2) is 91.0 Å². The fourth-order valence-corrected chi connectivity index (χ4v) is 4.44. The Kier molecular flexibility index (Phi) is 7.06. The number of aromatic nitrogens is 2. The van der Waals surface area contributed by atoms with Gasteiger partial charge in [-0.05, 0) is 67.4 Å². The maximum atomic E-state index is 12.9. The molecule has 5 rings (SSSR count). The molecule has 0 fully saturated rings. The quantitative estimate of drug-likeness (QED) is 0.266. The molecule has 0 radical (unpaired) electrons. The van der Waals surface area contributed by atoms with Crippen molar-refractivity contribution in [2.75, 3.05) is 24.7 Å². The van der Waals surface area contributed by atoms with Crippen molar-refractivity contribution in [1.29, 1.82) is 0 Å². The van der Waals surface area contributed by atoms with Crippen molar-refractivity contribution in [3.05, 3.63) is 113 Å². The normalized spacial score (nSPS) is 10.8. The highest BCUT2D eigenvalue weighted by Crippen LogP contribution is 2.29. The summed E-state index contributed by atoms with van der Waals surface area (Å²) in [5.74, 6) is 0.173. The van der Waals surface area contributed by atoms with Crippen molar-refractivity contribution in [2.24, 2.45) is 0 Å². The maximum Gasteiger partial charge on any atom is 0.255 e. The summed E-state index contributed by atoms with van der Waals surface area (Å²) in [6.07, 6.45) is 0. The predicted molar refractivity (Wildman–Crippen MR) is 157 cm³/mol. The van der Waals surface area contributed by atoms with Gasteiger partial charge in [0.05, 0.1) is 11.2 Å². The van der Waals surface area contributed by atoms with E-state index in [4.69, 9.17) is 9.97 Å². The Hall–Kier alpha value is -5.04. The van der Waals surface area contributed by atoms with Crippen molar-refractivity contribution in [1.82, 2.24) is 14.9 Å². The minimum atomic E-state index is -0.171. The second-order valence-electron chi connectivity index (χ2n) is 9.62. The topological polar surface area (TPSA) is 87.2 Å². The standard InChI is InChI=1S/C32H29N5O2/c1-20-9-7-10-21(2)28(20)35-30(38)22-15-17-25(18-16-22)33-32-34-27-14-6-5-13-26(27)29(36-32)23-11-8-12-24(19-23)31(39)37(3)4/h5-19H,1-4H3,(H,35,38)(H,33,34,36). The van der Waals surface area contributed by atoms with Crippen LogP contribution in [0.25, 0.3) is 22.2 Å². The lowest BCUT2D eigenvalue weighted by Gasteiger charge is -2.13. The number of nitrogens with one attached hydrogen (secondary N) is 2. The molecule has 39 heavy (non-hydrogen) atoms. The van der Waals surface area contributed by atoms with Gasteiger partial charge in [0.1, 0.15) is 0 Å². The fourth-order valence-electron chi connectivity index (χ4n) is 4.44. The Bertz CT molecular complexity index is 1670. The van der Waals surface area contributed by atoms with Gasteiger partial charge >= 0.3 is 0 Å². The number of rotatable bonds is 6. The fraction of sp³-hybridized carbons (Fsp3) is 0.125. The first kappa shape index (κ1) is 25.6. The zero-order valence-corrected chi connectivity index (χ0v) is 22.3. The Morgan fingerprint density at radius 1 is 0.744 bits per heavy atom. The number of amides is 2. The van der Waals surface area contributed by atoms with E-state index < -0.39 is 0 Å². The molecule has 4 aromatic carbocycles. The SMILES string of the molecule is Cc1cccc(C)c1NC(=O)c1ccc(Nc2nc(-c3cccc(C(=O)N(C)C)c3)c3ccccc3n2)cc1. The van der Waals surface area contributed by atoms with Crippen LogP contribution in [0, 0.1) is 13.8 Å². The van der Waals surface area contributed by atoms with Gasteiger partial charge < -0.3 is 15.5 Å². The number of nitrogens with zero attached hydrogens (tertiary/aromatic N) is 3. The number of para-hydroxylation sites is 2. The largest absolute Gasteiger partial charge is 0.345 e. The van der Waals surface area contributed by atoms with Crippen LogP contribution < -0.4 is 10.6 Å². The summed E-state index contributed by atoms with van der Waals surface area (Å²) >= 11 is 0. The van der Waals surface area contributed by atoms with E-state index in [-0.39, 0.29) is 11.8 Å². The molecular weight excluding hydrogens is 486 g/mol. The zero-order chi connectivity index (χ0) is 27.5. The number of aryl methyl sites for hydroxylation is 2. The molecule has 0 aliphatic carbocycles. The molecular formula is C32H29N5O2. The Morgan fingerprint density at radius 3 is 2.15 bits per heavy atom. The van der Waals surface area contributed by atoms with Crippen LogP contribution in [0.2, 0.25) is 0 Å². The number of carbonyl (C=O) groups is 2.